The lowest BCUT2D eigenvalue weighted by Crippen LogP contribution is -2.30. The molecular formula is C24H21F5N4O4. The third-order valence-electron chi connectivity index (χ3n) is 4.82. The maximum Gasteiger partial charge on any atom is 0.573 e. The minimum Gasteiger partial charge on any atom is -0.405 e. The number of benzene rings is 2. The van der Waals surface area contributed by atoms with Gasteiger partial charge in [-0.15, -0.1) is 13.2 Å². The molecule has 13 heteroatoms. The van der Waals surface area contributed by atoms with Crippen molar-refractivity contribution in [1.82, 2.24) is 10.3 Å². The Labute approximate surface area is 207 Å². The number of ether oxygens (including phenoxy) is 1. The Morgan fingerprint density at radius 3 is 2.30 bits per heavy atom. The van der Waals surface area contributed by atoms with Gasteiger partial charge in [0.2, 0.25) is 0 Å². The van der Waals surface area contributed by atoms with Crippen molar-refractivity contribution in [1.29, 1.82) is 0 Å². The SMILES string of the molecule is CC(C)NC(=O)c1cc(-c2ccc(NC(=O)C(O)c3cc(F)cc(F)c3)cc2OC(F)(F)F)cnc1N. The van der Waals surface area contributed by atoms with E-state index < -0.39 is 47.2 Å². The molecule has 2 amide bonds. The number of carbonyl (C=O) groups excluding carboxylic acids is 2. The largest absolute Gasteiger partial charge is 0.573 e. The smallest absolute Gasteiger partial charge is 0.405 e. The number of nitrogens with zero attached hydrogens (tertiary/aromatic N) is 1. The highest BCUT2D eigenvalue weighted by atomic mass is 19.4. The molecule has 5 N–H and O–H groups in total. The highest BCUT2D eigenvalue weighted by molar-refractivity contribution is 6.00. The summed E-state index contributed by atoms with van der Waals surface area (Å²) in [5.74, 6) is -4.74. The molecule has 37 heavy (non-hydrogen) atoms. The van der Waals surface area contributed by atoms with Crippen LogP contribution in [0.3, 0.4) is 0 Å². The van der Waals surface area contributed by atoms with Crippen LogP contribution in [0.5, 0.6) is 5.75 Å². The molecule has 0 fully saturated rings. The minimum atomic E-state index is -5.13. The van der Waals surface area contributed by atoms with E-state index in [0.717, 1.165) is 30.5 Å². The van der Waals surface area contributed by atoms with Gasteiger partial charge in [0.15, 0.2) is 6.10 Å². The molecule has 0 aliphatic heterocycles. The number of pyridine rings is 1. The highest BCUT2D eigenvalue weighted by Crippen LogP contribution is 2.37. The first-order valence-corrected chi connectivity index (χ1v) is 10.6. The van der Waals surface area contributed by atoms with E-state index in [9.17, 15) is 36.6 Å². The number of hydrogen-bond donors (Lipinski definition) is 4. The van der Waals surface area contributed by atoms with Crippen LogP contribution in [0.4, 0.5) is 33.5 Å². The number of nitrogens with one attached hydrogen (secondary N) is 2. The van der Waals surface area contributed by atoms with E-state index >= 15 is 0 Å². The number of alkyl halides is 3. The first kappa shape index (κ1) is 27.3. The third kappa shape index (κ3) is 7.13. The molecule has 3 aromatic rings. The number of anilines is 2. The van der Waals surface area contributed by atoms with Crippen LogP contribution in [-0.2, 0) is 4.79 Å². The molecule has 0 aliphatic rings. The summed E-state index contributed by atoms with van der Waals surface area (Å²) in [6.45, 7) is 3.41. The lowest BCUT2D eigenvalue weighted by molar-refractivity contribution is -0.274. The molecule has 0 radical (unpaired) electrons. The second-order valence-corrected chi connectivity index (χ2v) is 8.14. The average Bonchev–Trinajstić information content (AvgIpc) is 2.77. The first-order chi connectivity index (χ1) is 17.2. The standard InChI is InChI=1S/C24H21F5N4O4/c1-11(2)32-22(35)18-7-13(10-31-21(18)30)17-4-3-16(9-19(17)37-24(27,28)29)33-23(36)20(34)12-5-14(25)8-15(26)6-12/h3-11,20,34H,1-2H3,(H2,30,31)(H,32,35)(H,33,36). The van der Waals surface area contributed by atoms with Crippen molar-refractivity contribution in [3.05, 3.63) is 71.4 Å². The van der Waals surface area contributed by atoms with Crippen LogP contribution in [0.15, 0.2) is 48.7 Å². The van der Waals surface area contributed by atoms with Gasteiger partial charge in [0.05, 0.1) is 5.56 Å². The van der Waals surface area contributed by atoms with Gasteiger partial charge in [-0.3, -0.25) is 9.59 Å². The van der Waals surface area contributed by atoms with E-state index in [-0.39, 0.29) is 34.2 Å². The zero-order valence-electron chi connectivity index (χ0n) is 19.4. The maximum absolute atomic E-state index is 13.4. The van der Waals surface area contributed by atoms with Crippen molar-refractivity contribution in [3.8, 4) is 16.9 Å². The van der Waals surface area contributed by atoms with Crippen LogP contribution in [0.25, 0.3) is 11.1 Å². The van der Waals surface area contributed by atoms with Crippen LogP contribution in [0, 0.1) is 11.6 Å². The number of aliphatic hydroxyl groups is 1. The van der Waals surface area contributed by atoms with E-state index in [1.165, 1.54) is 12.1 Å². The first-order valence-electron chi connectivity index (χ1n) is 10.6. The Morgan fingerprint density at radius 2 is 1.70 bits per heavy atom. The second-order valence-electron chi connectivity index (χ2n) is 8.14. The fourth-order valence-electron chi connectivity index (χ4n) is 3.29. The summed E-state index contributed by atoms with van der Waals surface area (Å²) in [5.41, 5.74) is 4.95. The van der Waals surface area contributed by atoms with Gasteiger partial charge in [-0.2, -0.15) is 0 Å². The Hall–Kier alpha value is -4.26. The van der Waals surface area contributed by atoms with Gasteiger partial charge in [0, 0.05) is 41.2 Å². The van der Waals surface area contributed by atoms with Gasteiger partial charge < -0.3 is 26.2 Å². The summed E-state index contributed by atoms with van der Waals surface area (Å²) in [4.78, 5) is 28.7. The maximum atomic E-state index is 13.4. The number of aliphatic hydroxyl groups excluding tert-OH is 1. The molecular weight excluding hydrogens is 503 g/mol. The summed E-state index contributed by atoms with van der Waals surface area (Å²) >= 11 is 0. The summed E-state index contributed by atoms with van der Waals surface area (Å²) in [7, 11) is 0. The number of carbonyl (C=O) groups is 2. The fourth-order valence-corrected chi connectivity index (χ4v) is 3.29. The number of nitrogens with two attached hydrogens (primary N) is 1. The second kappa shape index (κ2) is 10.8. The lowest BCUT2D eigenvalue weighted by Gasteiger charge is -2.17. The molecule has 0 spiro atoms. The van der Waals surface area contributed by atoms with Crippen molar-refractivity contribution in [3.63, 3.8) is 0 Å². The number of hydrogen-bond acceptors (Lipinski definition) is 6. The minimum absolute atomic E-state index is 0.0514. The van der Waals surface area contributed by atoms with E-state index in [1.54, 1.807) is 13.8 Å². The van der Waals surface area contributed by atoms with E-state index in [1.807, 2.05) is 0 Å². The van der Waals surface area contributed by atoms with Crippen LogP contribution in [0.2, 0.25) is 0 Å². The molecule has 3 rings (SSSR count). The fraction of sp³-hybridized carbons (Fsp3) is 0.208. The predicted octanol–water partition coefficient (Wildman–Crippen LogP) is 4.32. The van der Waals surface area contributed by atoms with E-state index in [4.69, 9.17) is 5.73 Å². The van der Waals surface area contributed by atoms with Crippen molar-refractivity contribution in [2.75, 3.05) is 11.1 Å². The van der Waals surface area contributed by atoms with Crippen LogP contribution in [-0.4, -0.2) is 34.3 Å². The highest BCUT2D eigenvalue weighted by Gasteiger charge is 2.33. The van der Waals surface area contributed by atoms with Crippen molar-refractivity contribution >= 4 is 23.3 Å². The zero-order valence-corrected chi connectivity index (χ0v) is 19.4. The molecule has 0 saturated carbocycles. The molecule has 8 nitrogen and oxygen atoms in total. The van der Waals surface area contributed by atoms with Crippen LogP contribution >= 0.6 is 0 Å². The molecule has 0 saturated heterocycles. The third-order valence-corrected chi connectivity index (χ3v) is 4.82. The molecule has 1 heterocycles. The van der Waals surface area contributed by atoms with Crippen molar-refractivity contribution in [2.24, 2.45) is 0 Å². The molecule has 0 bridgehead atoms. The molecule has 1 atom stereocenters. The summed E-state index contributed by atoms with van der Waals surface area (Å²) in [5, 5.41) is 14.9. The van der Waals surface area contributed by atoms with Crippen molar-refractivity contribution < 1.29 is 41.4 Å². The topological polar surface area (TPSA) is 127 Å². The van der Waals surface area contributed by atoms with Gasteiger partial charge in [0.1, 0.15) is 23.2 Å². The monoisotopic (exact) mass is 524 g/mol. The Kier molecular flexibility index (Phi) is 7.96. The summed E-state index contributed by atoms with van der Waals surface area (Å²) < 4.78 is 70.4. The van der Waals surface area contributed by atoms with Gasteiger partial charge in [-0.1, -0.05) is 0 Å². The Morgan fingerprint density at radius 1 is 1.05 bits per heavy atom. The van der Waals surface area contributed by atoms with Gasteiger partial charge >= 0.3 is 6.36 Å². The molecule has 1 aromatic heterocycles. The number of nitrogen functional groups attached to an aromatic ring is 1. The summed E-state index contributed by atoms with van der Waals surface area (Å²) in [6, 6.07) is 6.16. The summed E-state index contributed by atoms with van der Waals surface area (Å²) in [6.07, 6.45) is -6.02. The van der Waals surface area contributed by atoms with Crippen LogP contribution in [0.1, 0.15) is 35.9 Å². The van der Waals surface area contributed by atoms with Gasteiger partial charge in [0.25, 0.3) is 11.8 Å². The molecule has 2 aromatic carbocycles. The van der Waals surface area contributed by atoms with Crippen LogP contribution < -0.4 is 21.1 Å². The number of amides is 2. The normalized spacial score (nSPS) is 12.2. The number of halogens is 5. The number of aromatic nitrogens is 1. The van der Waals surface area contributed by atoms with Gasteiger partial charge in [-0.25, -0.2) is 13.8 Å². The zero-order chi connectivity index (χ0) is 27.5. The predicted molar refractivity (Wildman–Crippen MR) is 123 cm³/mol. The van der Waals surface area contributed by atoms with E-state index in [2.05, 4.69) is 20.4 Å². The van der Waals surface area contributed by atoms with Crippen molar-refractivity contribution in [2.45, 2.75) is 32.4 Å². The average molecular weight is 524 g/mol. The molecule has 1 unspecified atom stereocenters. The Balaban J connectivity index is 1.96. The lowest BCUT2D eigenvalue weighted by atomic mass is 10.0. The Bertz CT molecular complexity index is 1310. The molecule has 196 valence electrons. The molecule has 0 aliphatic carbocycles. The quantitative estimate of drug-likeness (QED) is 0.341. The van der Waals surface area contributed by atoms with Gasteiger partial charge in [-0.05, 0) is 49.7 Å². The van der Waals surface area contributed by atoms with E-state index in [0.29, 0.717) is 6.07 Å². The number of rotatable bonds is 7.